The molecule has 2 heterocycles. The number of aromatic nitrogens is 2. The maximum absolute atomic E-state index is 16.1. The fourth-order valence-electron chi connectivity index (χ4n) is 4.57. The Labute approximate surface area is 219 Å². The molecule has 4 rings (SSSR count). The fourth-order valence-corrected chi connectivity index (χ4v) is 4.86. The van der Waals surface area contributed by atoms with Gasteiger partial charge in [-0.3, -0.25) is 4.79 Å². The van der Waals surface area contributed by atoms with E-state index in [4.69, 9.17) is 16.3 Å². The lowest BCUT2D eigenvalue weighted by atomic mass is 10.0. The maximum atomic E-state index is 16.1. The van der Waals surface area contributed by atoms with Gasteiger partial charge in [-0.15, -0.1) is 0 Å². The summed E-state index contributed by atoms with van der Waals surface area (Å²) in [6.45, 7) is 5.85. The van der Waals surface area contributed by atoms with Gasteiger partial charge in [0.25, 0.3) is 0 Å². The van der Waals surface area contributed by atoms with E-state index in [0.717, 1.165) is 19.0 Å². The van der Waals surface area contributed by atoms with E-state index in [2.05, 4.69) is 9.97 Å². The number of aromatic hydroxyl groups is 1. The predicted octanol–water partition coefficient (Wildman–Crippen LogP) is 4.32. The SMILES string of the molecule is C[C@@H]1CN(c2nc(OCCCN(C)C)nc3c(F)c(-c4c(O)cccc4F)c(Cl)cc23)[C@@H](C)CN1C=O. The molecule has 198 valence electrons. The molecule has 2 atom stereocenters. The first-order chi connectivity index (χ1) is 17.6. The zero-order valence-corrected chi connectivity index (χ0v) is 22.0. The highest BCUT2D eigenvalue weighted by atomic mass is 35.5. The average molecular weight is 534 g/mol. The Balaban J connectivity index is 1.88. The van der Waals surface area contributed by atoms with Gasteiger partial charge < -0.3 is 24.5 Å². The first kappa shape index (κ1) is 26.8. The quantitative estimate of drug-likeness (QED) is 0.341. The maximum Gasteiger partial charge on any atom is 0.319 e. The number of fused-ring (bicyclic) bond motifs is 1. The molecule has 0 aliphatic carbocycles. The largest absolute Gasteiger partial charge is 0.507 e. The van der Waals surface area contributed by atoms with Crippen LogP contribution in [0.2, 0.25) is 5.02 Å². The van der Waals surface area contributed by atoms with Gasteiger partial charge in [-0.2, -0.15) is 9.97 Å². The number of benzene rings is 2. The number of nitrogens with zero attached hydrogens (tertiary/aromatic N) is 5. The van der Waals surface area contributed by atoms with Crippen LogP contribution in [0.3, 0.4) is 0 Å². The number of phenols is 1. The Morgan fingerprint density at radius 3 is 2.62 bits per heavy atom. The Kier molecular flexibility index (Phi) is 7.99. The molecule has 0 radical (unpaired) electrons. The molecule has 1 N–H and O–H groups in total. The van der Waals surface area contributed by atoms with Gasteiger partial charge in [-0.05, 0) is 52.6 Å². The van der Waals surface area contributed by atoms with E-state index in [1.807, 2.05) is 37.7 Å². The lowest BCUT2D eigenvalue weighted by Gasteiger charge is -2.43. The number of anilines is 1. The van der Waals surface area contributed by atoms with Gasteiger partial charge >= 0.3 is 6.01 Å². The first-order valence-electron chi connectivity index (χ1n) is 12.0. The molecular weight excluding hydrogens is 504 g/mol. The van der Waals surface area contributed by atoms with Crippen molar-refractivity contribution in [1.82, 2.24) is 19.8 Å². The molecule has 0 spiro atoms. The van der Waals surface area contributed by atoms with Crippen molar-refractivity contribution in [3.8, 4) is 22.9 Å². The van der Waals surface area contributed by atoms with Crippen molar-refractivity contribution in [2.75, 3.05) is 45.2 Å². The molecule has 11 heteroatoms. The minimum atomic E-state index is -0.892. The number of carbonyl (C=O) groups is 1. The molecule has 1 saturated heterocycles. The number of carbonyl (C=O) groups excluding carboxylic acids is 1. The molecule has 1 aliphatic heterocycles. The number of phenolic OH excluding ortho intramolecular Hbond substituents is 1. The summed E-state index contributed by atoms with van der Waals surface area (Å²) in [6.07, 6.45) is 1.52. The molecule has 1 aromatic heterocycles. The summed E-state index contributed by atoms with van der Waals surface area (Å²) in [5, 5.41) is 10.5. The summed E-state index contributed by atoms with van der Waals surface area (Å²) in [6, 6.07) is 4.91. The van der Waals surface area contributed by atoms with Crippen molar-refractivity contribution in [3.05, 3.63) is 40.9 Å². The van der Waals surface area contributed by atoms with E-state index in [1.165, 1.54) is 18.2 Å². The molecule has 37 heavy (non-hydrogen) atoms. The summed E-state index contributed by atoms with van der Waals surface area (Å²) in [5.74, 6) is -1.75. The van der Waals surface area contributed by atoms with Gasteiger partial charge in [-0.25, -0.2) is 8.78 Å². The topological polar surface area (TPSA) is 82.0 Å². The van der Waals surface area contributed by atoms with Crippen molar-refractivity contribution in [3.63, 3.8) is 0 Å². The van der Waals surface area contributed by atoms with Crippen LogP contribution in [0.5, 0.6) is 11.8 Å². The van der Waals surface area contributed by atoms with Gasteiger partial charge in [0.2, 0.25) is 6.41 Å². The van der Waals surface area contributed by atoms with Crippen LogP contribution < -0.4 is 9.64 Å². The van der Waals surface area contributed by atoms with Gasteiger partial charge in [0, 0.05) is 42.7 Å². The minimum absolute atomic E-state index is 0.0242. The van der Waals surface area contributed by atoms with Crippen LogP contribution in [0.25, 0.3) is 22.0 Å². The number of hydrogen-bond acceptors (Lipinski definition) is 7. The fraction of sp³-hybridized carbons (Fsp3) is 0.423. The van der Waals surface area contributed by atoms with Gasteiger partial charge in [0.15, 0.2) is 5.82 Å². The van der Waals surface area contributed by atoms with Crippen LogP contribution in [-0.4, -0.2) is 83.7 Å². The predicted molar refractivity (Wildman–Crippen MR) is 139 cm³/mol. The highest BCUT2D eigenvalue weighted by Gasteiger charge is 2.32. The molecule has 3 aromatic rings. The summed E-state index contributed by atoms with van der Waals surface area (Å²) < 4.78 is 36.6. The van der Waals surface area contributed by atoms with E-state index < -0.39 is 17.4 Å². The van der Waals surface area contributed by atoms with Crippen LogP contribution in [0.1, 0.15) is 20.3 Å². The average Bonchev–Trinajstić information content (AvgIpc) is 2.84. The number of amides is 1. The van der Waals surface area contributed by atoms with Crippen molar-refractivity contribution < 1.29 is 23.4 Å². The Hall–Kier alpha value is -3.24. The lowest BCUT2D eigenvalue weighted by Crippen LogP contribution is -2.56. The Morgan fingerprint density at radius 2 is 1.95 bits per heavy atom. The molecule has 0 bridgehead atoms. The van der Waals surface area contributed by atoms with Crippen LogP contribution in [0.4, 0.5) is 14.6 Å². The number of rotatable bonds is 8. The summed E-state index contributed by atoms with van der Waals surface area (Å²) in [5.41, 5.74) is -0.741. The lowest BCUT2D eigenvalue weighted by molar-refractivity contribution is -0.120. The van der Waals surface area contributed by atoms with Crippen LogP contribution in [0.15, 0.2) is 24.3 Å². The van der Waals surface area contributed by atoms with Crippen molar-refractivity contribution in [2.45, 2.75) is 32.4 Å². The molecule has 2 aromatic carbocycles. The number of ether oxygens (including phenoxy) is 1. The Morgan fingerprint density at radius 1 is 1.19 bits per heavy atom. The molecule has 0 saturated carbocycles. The molecular formula is C26H30ClF2N5O3. The molecule has 8 nitrogen and oxygen atoms in total. The van der Waals surface area contributed by atoms with E-state index in [0.29, 0.717) is 37.3 Å². The van der Waals surface area contributed by atoms with Crippen molar-refractivity contribution in [1.29, 1.82) is 0 Å². The summed E-state index contributed by atoms with van der Waals surface area (Å²) >= 11 is 6.50. The van der Waals surface area contributed by atoms with Gasteiger partial charge in [0.05, 0.1) is 17.2 Å². The second-order valence-corrected chi connectivity index (χ2v) is 9.97. The normalized spacial score (nSPS) is 18.1. The van der Waals surface area contributed by atoms with Gasteiger partial charge in [0.1, 0.15) is 22.9 Å². The third-order valence-electron chi connectivity index (χ3n) is 6.51. The van der Waals surface area contributed by atoms with Crippen molar-refractivity contribution in [2.24, 2.45) is 0 Å². The number of hydrogen-bond donors (Lipinski definition) is 1. The van der Waals surface area contributed by atoms with Crippen LogP contribution >= 0.6 is 11.6 Å². The van der Waals surface area contributed by atoms with Crippen molar-refractivity contribution >= 4 is 34.7 Å². The van der Waals surface area contributed by atoms with E-state index >= 15 is 4.39 Å². The third kappa shape index (κ3) is 5.40. The first-order valence-corrected chi connectivity index (χ1v) is 12.4. The standard InChI is InChI=1S/C26H30ClF2N5O3/c1-15-13-34(16(2)12-33(15)14-35)25-17-11-18(27)21(22-19(28)7-5-8-20(22)36)23(29)24(17)30-26(31-25)37-10-6-9-32(3)4/h5,7-8,11,14-16,36H,6,9-10,12-13H2,1-4H3/t15-,16+/m1/s1. The second-order valence-electron chi connectivity index (χ2n) is 9.57. The number of halogens is 3. The van der Waals surface area contributed by atoms with Gasteiger partial charge in [-0.1, -0.05) is 17.7 Å². The highest BCUT2D eigenvalue weighted by Crippen LogP contribution is 2.43. The highest BCUT2D eigenvalue weighted by molar-refractivity contribution is 6.34. The molecule has 0 unspecified atom stereocenters. The zero-order chi connectivity index (χ0) is 26.9. The minimum Gasteiger partial charge on any atom is -0.507 e. The monoisotopic (exact) mass is 533 g/mol. The molecule has 1 amide bonds. The van der Waals surface area contributed by atoms with E-state index in [9.17, 15) is 14.3 Å². The second kappa shape index (κ2) is 11.0. The van der Waals surface area contributed by atoms with E-state index in [1.54, 1.807) is 4.90 Å². The smallest absolute Gasteiger partial charge is 0.319 e. The van der Waals surface area contributed by atoms with Crippen LogP contribution in [0, 0.1) is 11.6 Å². The third-order valence-corrected chi connectivity index (χ3v) is 6.80. The molecule has 1 aliphatic rings. The van der Waals surface area contributed by atoms with E-state index in [-0.39, 0.29) is 39.8 Å². The molecule has 1 fully saturated rings. The summed E-state index contributed by atoms with van der Waals surface area (Å²) in [4.78, 5) is 26.1. The summed E-state index contributed by atoms with van der Waals surface area (Å²) in [7, 11) is 3.90. The Bertz CT molecular complexity index is 1290. The zero-order valence-electron chi connectivity index (χ0n) is 21.2. The number of piperazine rings is 1. The van der Waals surface area contributed by atoms with Crippen LogP contribution in [-0.2, 0) is 4.79 Å².